The van der Waals surface area contributed by atoms with Crippen molar-refractivity contribution in [1.29, 1.82) is 0 Å². The van der Waals surface area contributed by atoms with Gasteiger partial charge in [-0.1, -0.05) is 206 Å². The van der Waals surface area contributed by atoms with Gasteiger partial charge in [-0.25, -0.2) is 19.6 Å². The third-order valence-corrected chi connectivity index (χ3v) is 11.8. The molecule has 4 rings (SSSR count). The van der Waals surface area contributed by atoms with E-state index in [2.05, 4.69) is 61.6 Å². The molecule has 0 aliphatic heterocycles. The molecule has 0 spiro atoms. The summed E-state index contributed by atoms with van der Waals surface area (Å²) in [4.78, 5) is 36.4. The Morgan fingerprint density at radius 3 is 1.47 bits per heavy atom. The number of unbranched alkanes of at least 4 members (excludes halogenated alkanes) is 5. The van der Waals surface area contributed by atoms with Crippen LogP contribution in [0.15, 0.2) is 60.7 Å². The maximum atomic E-state index is 9.33. The second-order valence-electron chi connectivity index (χ2n) is 17.9. The molecule has 15 nitrogen and oxygen atoms in total. The molecule has 0 aromatic heterocycles. The number of aliphatic hydroxyl groups excluding tert-OH is 4. The largest absolute Gasteiger partial charge is 0.412 e. The lowest BCUT2D eigenvalue weighted by atomic mass is 9.86. The number of hydrogen-bond acceptors (Lipinski definition) is 14. The zero-order valence-corrected chi connectivity index (χ0v) is 47.5. The minimum Gasteiger partial charge on any atom is -0.412 e. The van der Waals surface area contributed by atoms with E-state index in [4.69, 9.17) is 58.7 Å². The molecule has 0 heterocycles. The quantitative estimate of drug-likeness (QED) is 0.0187. The maximum Gasteiger partial charge on any atom is 0.143 e. The van der Waals surface area contributed by atoms with Crippen LogP contribution in [-0.2, 0) is 56.2 Å². The van der Waals surface area contributed by atoms with Crippen molar-refractivity contribution in [3.05, 3.63) is 71.8 Å². The summed E-state index contributed by atoms with van der Waals surface area (Å²) in [6.07, 6.45) is 32.5. The molecular weight excluding hydrogens is 983 g/mol. The summed E-state index contributed by atoms with van der Waals surface area (Å²) in [6.45, 7) is 13.5. The number of carbonyl (C=O) groups excluding carboxylic acids is 2. The molecule has 1 unspecified atom stereocenters. The molecule has 1 atom stereocenters. The van der Waals surface area contributed by atoms with Gasteiger partial charge in [0.05, 0.1) is 33.0 Å². The van der Waals surface area contributed by atoms with Gasteiger partial charge in [-0.2, -0.15) is 0 Å². The van der Waals surface area contributed by atoms with E-state index in [-0.39, 0.29) is 53.9 Å². The molecule has 2 aromatic rings. The zero-order valence-electron chi connectivity index (χ0n) is 47.5. The van der Waals surface area contributed by atoms with Gasteiger partial charge in [0.15, 0.2) is 0 Å². The average molecular weight is 1110 g/mol. The van der Waals surface area contributed by atoms with Crippen LogP contribution < -0.4 is 5.32 Å². The van der Waals surface area contributed by atoms with Crippen molar-refractivity contribution in [2.75, 3.05) is 94.1 Å². The van der Waals surface area contributed by atoms with E-state index < -0.39 is 0 Å². The second kappa shape index (κ2) is 84.6. The van der Waals surface area contributed by atoms with Crippen LogP contribution in [0.3, 0.4) is 0 Å². The Hall–Kier alpha value is -2.74. The number of benzene rings is 2. The van der Waals surface area contributed by atoms with Crippen molar-refractivity contribution >= 4 is 13.6 Å². The zero-order chi connectivity index (χ0) is 54.8. The van der Waals surface area contributed by atoms with E-state index in [0.29, 0.717) is 39.6 Å². The van der Waals surface area contributed by atoms with Crippen molar-refractivity contribution in [1.82, 2.24) is 5.32 Å². The van der Waals surface area contributed by atoms with E-state index in [1.54, 1.807) is 7.11 Å². The molecule has 2 aliphatic carbocycles. The van der Waals surface area contributed by atoms with E-state index >= 15 is 0 Å². The van der Waals surface area contributed by atoms with Crippen LogP contribution in [0.2, 0.25) is 0 Å². The van der Waals surface area contributed by atoms with Crippen LogP contribution in [-0.4, -0.2) is 140 Å². The monoisotopic (exact) mass is 1110 g/mol. The Balaban J connectivity index is -0.000000134. The molecule has 0 radical (unpaired) electrons. The molecule has 0 saturated heterocycles. The van der Waals surface area contributed by atoms with Gasteiger partial charge in [0.1, 0.15) is 33.1 Å². The summed E-state index contributed by atoms with van der Waals surface area (Å²) in [5.41, 5.74) is 2.74. The van der Waals surface area contributed by atoms with Crippen molar-refractivity contribution in [3.63, 3.8) is 0 Å². The lowest BCUT2D eigenvalue weighted by molar-refractivity contribution is -0.309. The molecule has 15 heteroatoms. The minimum absolute atomic E-state index is 0. The van der Waals surface area contributed by atoms with Crippen LogP contribution in [0.5, 0.6) is 0 Å². The number of ether oxygens (including phenoxy) is 3. The van der Waals surface area contributed by atoms with Crippen LogP contribution >= 0.6 is 0 Å². The Morgan fingerprint density at radius 2 is 1.01 bits per heavy atom. The molecule has 77 heavy (non-hydrogen) atoms. The van der Waals surface area contributed by atoms with Gasteiger partial charge >= 0.3 is 0 Å². The molecule has 2 aromatic carbocycles. The summed E-state index contributed by atoms with van der Waals surface area (Å²) in [7, 11) is 4.62. The molecule has 2 aliphatic rings. The fourth-order valence-corrected chi connectivity index (χ4v) is 8.00. The highest BCUT2D eigenvalue weighted by molar-refractivity contribution is 5.15. The number of aryl methyl sites for hydroxylation is 2. The van der Waals surface area contributed by atoms with Gasteiger partial charge in [-0.15, -0.1) is 0 Å². The average Bonchev–Trinajstić information content (AvgIpc) is 3.45. The Labute approximate surface area is 473 Å². The highest BCUT2D eigenvalue weighted by atomic mass is 17.2. The SMILES string of the molecule is C.C.C.C=O.C=O.CCCC1CCCCC1.CCCc1ccccc1.CNCCCO.CO.COCCCCCCCCOC(CO)COOCCCc1ccccc1.O.OCOCCCOOCCCC1CCCCC1. The third-order valence-electron chi connectivity index (χ3n) is 11.8. The summed E-state index contributed by atoms with van der Waals surface area (Å²) in [5.74, 6) is 2.02. The predicted octanol–water partition coefficient (Wildman–Crippen LogP) is 12.5. The molecule has 0 bridgehead atoms. The standard InChI is InChI=1S/C21H36O5.C13H26O4.C9H18.C9H12.C4H11NO.CH4O.2CH2O.3CH4.H2O/c1-23-15-9-4-2-3-5-10-16-24-21(18-22)19-26-25-17-11-14-20-12-7-6-8-13-20;14-12-15-9-5-11-17-16-10-4-8-13-6-2-1-3-7-13;2*1-2-6-9-7-4-3-5-8-9;1-5-3-2-4-6;3*1-2;;;;/h6-8,12-13,21-22H,2-5,9-11,14-19H2,1H3;13-14H,1-12H2;9H,2-8H2,1H3;3-5,7-8H,2,6H2,1H3;5-6H,2-4H2,1H3;2H,1H3;2*1H2;3*1H4;1H2. The van der Waals surface area contributed by atoms with Crippen LogP contribution in [0.4, 0.5) is 0 Å². The number of methoxy groups -OCH3 is 1. The maximum absolute atomic E-state index is 9.33. The number of hydrogen-bond donors (Lipinski definition) is 5. The topological polar surface area (TPSA) is 223 Å². The van der Waals surface area contributed by atoms with Gasteiger partial charge in [0, 0.05) is 34.0 Å². The normalized spacial score (nSPS) is 12.6. The number of carbonyl (C=O) groups is 2. The summed E-state index contributed by atoms with van der Waals surface area (Å²) in [5, 5.41) is 35.8. The number of rotatable bonds is 35. The summed E-state index contributed by atoms with van der Waals surface area (Å²) < 4.78 is 15.4. The summed E-state index contributed by atoms with van der Waals surface area (Å²) in [6, 6.07) is 20.9. The lowest BCUT2D eigenvalue weighted by Crippen LogP contribution is -2.24. The van der Waals surface area contributed by atoms with Crippen LogP contribution in [0.1, 0.15) is 201 Å². The van der Waals surface area contributed by atoms with Gasteiger partial charge in [-0.3, -0.25) is 0 Å². The van der Waals surface area contributed by atoms with Gasteiger partial charge in [0.2, 0.25) is 0 Å². The van der Waals surface area contributed by atoms with Gasteiger partial charge < -0.3 is 55.0 Å². The highest BCUT2D eigenvalue weighted by Gasteiger charge is 2.13. The number of aliphatic hydroxyl groups is 4. The first kappa shape index (κ1) is 90.8. The Kier molecular flexibility index (Phi) is 99.7. The van der Waals surface area contributed by atoms with E-state index in [9.17, 15) is 5.11 Å². The first-order chi connectivity index (χ1) is 36.1. The molecule has 7 N–H and O–H groups in total. The third kappa shape index (κ3) is 73.3. The van der Waals surface area contributed by atoms with Gasteiger partial charge in [-0.05, 0) is 94.3 Å². The van der Waals surface area contributed by atoms with E-state index in [1.807, 2.05) is 38.8 Å². The number of nitrogens with one attached hydrogen (secondary N) is 1. The first-order valence-electron chi connectivity index (χ1n) is 27.8. The molecule has 0 amide bonds. The van der Waals surface area contributed by atoms with Crippen molar-refractivity contribution in [2.45, 2.75) is 209 Å². The van der Waals surface area contributed by atoms with Crippen molar-refractivity contribution in [2.24, 2.45) is 11.8 Å². The van der Waals surface area contributed by atoms with Crippen LogP contribution in [0.25, 0.3) is 0 Å². The first-order valence-corrected chi connectivity index (χ1v) is 27.8. The fourth-order valence-electron chi connectivity index (χ4n) is 8.00. The molecule has 2 fully saturated rings. The highest BCUT2D eigenvalue weighted by Crippen LogP contribution is 2.28. The lowest BCUT2D eigenvalue weighted by Gasteiger charge is -2.20. The minimum atomic E-state index is -0.314. The molecule has 462 valence electrons. The van der Waals surface area contributed by atoms with Crippen molar-refractivity contribution < 1.29 is 69.3 Å². The summed E-state index contributed by atoms with van der Waals surface area (Å²) >= 11 is 0. The van der Waals surface area contributed by atoms with Crippen LogP contribution in [0, 0.1) is 11.8 Å². The molecular formula is C62H125NO14. The predicted molar refractivity (Wildman–Crippen MR) is 322 cm³/mol. The fraction of sp³-hybridized carbons (Fsp3) is 0.774. The van der Waals surface area contributed by atoms with E-state index in [1.165, 1.54) is 127 Å². The van der Waals surface area contributed by atoms with Crippen molar-refractivity contribution in [3.8, 4) is 0 Å². The van der Waals surface area contributed by atoms with E-state index in [0.717, 1.165) is 83.5 Å². The smallest absolute Gasteiger partial charge is 0.143 e. The van der Waals surface area contributed by atoms with Gasteiger partial charge in [0.25, 0.3) is 0 Å². The second-order valence-corrected chi connectivity index (χ2v) is 17.9. The molecule has 2 saturated carbocycles. The Bertz CT molecular complexity index is 1210. The Morgan fingerprint density at radius 1 is 0.545 bits per heavy atom.